The summed E-state index contributed by atoms with van der Waals surface area (Å²) in [7, 11) is 0. The molecule has 4 nitrogen and oxygen atoms in total. The summed E-state index contributed by atoms with van der Waals surface area (Å²) in [6.07, 6.45) is 0. The van der Waals surface area contributed by atoms with E-state index in [4.69, 9.17) is 0 Å². The van der Waals surface area contributed by atoms with E-state index in [1.54, 1.807) is 33.5 Å². The molecule has 2 saturated heterocycles. The molecule has 0 radical (unpaired) electrons. The number of carbonyl (C=O) groups is 2. The molecule has 0 saturated carbocycles. The Morgan fingerprint density at radius 2 is 1.04 bits per heavy atom. The van der Waals surface area contributed by atoms with Crippen LogP contribution in [0.25, 0.3) is 0 Å². The van der Waals surface area contributed by atoms with Gasteiger partial charge in [0.15, 0.2) is 0 Å². The third kappa shape index (κ3) is 2.70. The number of nitrogens with zero attached hydrogens (tertiary/aromatic N) is 2. The maximum absolute atomic E-state index is 12.6. The lowest BCUT2D eigenvalue weighted by atomic mass is 10.2. The SMILES string of the molecule is O=C1CSC(c2ccccc2)N1N1C(=O)CSC1c1ccccc1. The quantitative estimate of drug-likeness (QED) is 0.845. The Morgan fingerprint density at radius 3 is 1.42 bits per heavy atom. The van der Waals surface area contributed by atoms with Crippen LogP contribution in [0.5, 0.6) is 0 Å². The average molecular weight is 356 g/mol. The van der Waals surface area contributed by atoms with E-state index in [9.17, 15) is 9.59 Å². The van der Waals surface area contributed by atoms with Gasteiger partial charge >= 0.3 is 0 Å². The standard InChI is InChI=1S/C18H16N2O2S2/c21-15-11-23-17(13-7-3-1-4-8-13)19(15)20-16(22)12-24-18(20)14-9-5-2-6-10-14/h1-10,17-18H,11-12H2. The first-order valence-electron chi connectivity index (χ1n) is 7.73. The van der Waals surface area contributed by atoms with Crippen molar-refractivity contribution in [1.29, 1.82) is 0 Å². The van der Waals surface area contributed by atoms with E-state index in [0.29, 0.717) is 11.5 Å². The third-order valence-corrected chi connectivity index (χ3v) is 6.49. The highest BCUT2D eigenvalue weighted by molar-refractivity contribution is 8.01. The maximum Gasteiger partial charge on any atom is 0.252 e. The van der Waals surface area contributed by atoms with Gasteiger partial charge in [0.05, 0.1) is 11.5 Å². The van der Waals surface area contributed by atoms with Gasteiger partial charge in [-0.1, -0.05) is 60.7 Å². The summed E-state index contributed by atoms with van der Waals surface area (Å²) in [5.74, 6) is 0.779. The Bertz CT molecular complexity index is 689. The summed E-state index contributed by atoms with van der Waals surface area (Å²) < 4.78 is 0. The van der Waals surface area contributed by atoms with Crippen LogP contribution in [-0.2, 0) is 9.59 Å². The fourth-order valence-corrected chi connectivity index (χ4v) is 5.30. The summed E-state index contributed by atoms with van der Waals surface area (Å²) >= 11 is 3.14. The molecule has 0 spiro atoms. The number of hydrazine groups is 1. The molecule has 2 aliphatic rings. The van der Waals surface area contributed by atoms with Gasteiger partial charge in [-0.15, -0.1) is 23.5 Å². The minimum Gasteiger partial charge on any atom is -0.272 e. The van der Waals surface area contributed by atoms with Gasteiger partial charge in [0.1, 0.15) is 10.7 Å². The Morgan fingerprint density at radius 1 is 0.667 bits per heavy atom. The number of carbonyl (C=O) groups excluding carboxylic acids is 2. The van der Waals surface area contributed by atoms with Crippen molar-refractivity contribution >= 4 is 35.3 Å². The smallest absolute Gasteiger partial charge is 0.252 e. The monoisotopic (exact) mass is 356 g/mol. The lowest BCUT2D eigenvalue weighted by Gasteiger charge is -2.36. The minimum atomic E-state index is -0.146. The van der Waals surface area contributed by atoms with Crippen LogP contribution < -0.4 is 0 Å². The lowest BCUT2D eigenvalue weighted by Crippen LogP contribution is -2.47. The molecule has 2 amide bonds. The van der Waals surface area contributed by atoms with E-state index in [1.165, 1.54) is 0 Å². The van der Waals surface area contributed by atoms with Crippen LogP contribution in [0.15, 0.2) is 60.7 Å². The lowest BCUT2D eigenvalue weighted by molar-refractivity contribution is -0.161. The zero-order chi connectivity index (χ0) is 16.5. The van der Waals surface area contributed by atoms with Gasteiger partial charge in [-0.05, 0) is 11.1 Å². The van der Waals surface area contributed by atoms with Crippen LogP contribution >= 0.6 is 23.5 Å². The number of amides is 2. The van der Waals surface area contributed by atoms with Crippen LogP contribution in [0.1, 0.15) is 21.9 Å². The van der Waals surface area contributed by atoms with Gasteiger partial charge in [0.25, 0.3) is 11.8 Å². The topological polar surface area (TPSA) is 40.6 Å². The van der Waals surface area contributed by atoms with Gasteiger partial charge in [-0.2, -0.15) is 0 Å². The fraction of sp³-hybridized carbons (Fsp3) is 0.222. The molecule has 2 aromatic rings. The first-order chi connectivity index (χ1) is 11.8. The predicted octanol–water partition coefficient (Wildman–Crippen LogP) is 3.45. The van der Waals surface area contributed by atoms with Crippen LogP contribution in [0.4, 0.5) is 0 Å². The summed E-state index contributed by atoms with van der Waals surface area (Å²) in [4.78, 5) is 25.1. The van der Waals surface area contributed by atoms with Crippen molar-refractivity contribution in [1.82, 2.24) is 10.0 Å². The van der Waals surface area contributed by atoms with Crippen LogP contribution in [0.3, 0.4) is 0 Å². The zero-order valence-electron chi connectivity index (χ0n) is 12.9. The van der Waals surface area contributed by atoms with E-state index in [0.717, 1.165) is 11.1 Å². The molecule has 0 aliphatic carbocycles. The molecule has 24 heavy (non-hydrogen) atoms. The van der Waals surface area contributed by atoms with Crippen LogP contribution in [0, 0.1) is 0 Å². The van der Waals surface area contributed by atoms with Crippen molar-refractivity contribution < 1.29 is 9.59 Å². The van der Waals surface area contributed by atoms with Gasteiger partial charge in [-0.25, -0.2) is 10.0 Å². The molecule has 2 aromatic carbocycles. The van der Waals surface area contributed by atoms with E-state index in [2.05, 4.69) is 0 Å². The third-order valence-electron chi connectivity index (χ3n) is 4.09. The van der Waals surface area contributed by atoms with Crippen molar-refractivity contribution in [2.45, 2.75) is 10.7 Å². The largest absolute Gasteiger partial charge is 0.272 e. The van der Waals surface area contributed by atoms with Crippen molar-refractivity contribution in [3.8, 4) is 0 Å². The van der Waals surface area contributed by atoms with Gasteiger partial charge in [0, 0.05) is 0 Å². The second-order valence-electron chi connectivity index (χ2n) is 5.62. The van der Waals surface area contributed by atoms with E-state index >= 15 is 0 Å². The number of thioether (sulfide) groups is 2. The molecule has 2 atom stereocenters. The minimum absolute atomic E-state index is 0.00867. The second kappa shape index (κ2) is 6.53. The molecular weight excluding hydrogens is 340 g/mol. The van der Waals surface area contributed by atoms with Crippen LogP contribution in [-0.4, -0.2) is 33.3 Å². The summed E-state index contributed by atoms with van der Waals surface area (Å²) in [5, 5.41) is 3.04. The highest BCUT2D eigenvalue weighted by Gasteiger charge is 2.45. The molecular formula is C18H16N2O2S2. The first-order valence-corrected chi connectivity index (χ1v) is 9.82. The molecule has 0 N–H and O–H groups in total. The Hall–Kier alpha value is -1.92. The normalized spacial score (nSPS) is 24.0. The number of rotatable bonds is 3. The average Bonchev–Trinajstić information content (AvgIpc) is 3.19. The highest BCUT2D eigenvalue weighted by Crippen LogP contribution is 2.47. The maximum atomic E-state index is 12.6. The number of hydrogen-bond donors (Lipinski definition) is 0. The van der Waals surface area contributed by atoms with Crippen molar-refractivity contribution in [2.75, 3.05) is 11.5 Å². The Balaban J connectivity index is 1.71. The Labute approximate surface area is 149 Å². The molecule has 122 valence electrons. The highest BCUT2D eigenvalue weighted by atomic mass is 32.2. The van der Waals surface area contributed by atoms with E-state index in [-0.39, 0.29) is 22.6 Å². The molecule has 0 aromatic heterocycles. The molecule has 2 aliphatic heterocycles. The predicted molar refractivity (Wildman–Crippen MR) is 97.0 cm³/mol. The molecule has 4 rings (SSSR count). The second-order valence-corrected chi connectivity index (χ2v) is 7.76. The van der Waals surface area contributed by atoms with E-state index < -0.39 is 0 Å². The molecule has 6 heteroatoms. The van der Waals surface area contributed by atoms with Crippen molar-refractivity contribution in [3.63, 3.8) is 0 Å². The molecule has 2 fully saturated rings. The van der Waals surface area contributed by atoms with Gasteiger partial charge in [-0.3, -0.25) is 9.59 Å². The summed E-state index contributed by atoms with van der Waals surface area (Å²) in [5.41, 5.74) is 2.09. The Kier molecular flexibility index (Phi) is 4.24. The number of hydrogen-bond acceptors (Lipinski definition) is 4. The summed E-state index contributed by atoms with van der Waals surface area (Å²) in [6.45, 7) is 0. The van der Waals surface area contributed by atoms with Crippen LogP contribution in [0.2, 0.25) is 0 Å². The number of benzene rings is 2. The van der Waals surface area contributed by atoms with Crippen molar-refractivity contribution in [3.05, 3.63) is 71.8 Å². The van der Waals surface area contributed by atoms with Crippen molar-refractivity contribution in [2.24, 2.45) is 0 Å². The molecule has 2 unspecified atom stereocenters. The van der Waals surface area contributed by atoms with Gasteiger partial charge < -0.3 is 0 Å². The molecule has 2 heterocycles. The van der Waals surface area contributed by atoms with E-state index in [1.807, 2.05) is 60.7 Å². The zero-order valence-corrected chi connectivity index (χ0v) is 14.5. The van der Waals surface area contributed by atoms with Gasteiger partial charge in [0.2, 0.25) is 0 Å². The molecule has 0 bridgehead atoms. The fourth-order valence-electron chi connectivity index (χ4n) is 3.01. The summed E-state index contributed by atoms with van der Waals surface area (Å²) in [6, 6.07) is 19.8. The first kappa shape index (κ1) is 15.6.